The van der Waals surface area contributed by atoms with Crippen LogP contribution in [0.15, 0.2) is 54.9 Å². The fourth-order valence-electron chi connectivity index (χ4n) is 5.52. The summed E-state index contributed by atoms with van der Waals surface area (Å²) in [5.74, 6) is 3.64. The lowest BCUT2D eigenvalue weighted by molar-refractivity contribution is -0.137. The molecule has 6 heteroatoms. The summed E-state index contributed by atoms with van der Waals surface area (Å²) in [6.45, 7) is 2.39. The van der Waals surface area contributed by atoms with E-state index in [1.807, 2.05) is 30.5 Å². The molecule has 0 radical (unpaired) electrons. The minimum absolute atomic E-state index is 0.0532. The van der Waals surface area contributed by atoms with E-state index >= 15 is 0 Å². The number of fused-ring (bicyclic) bond motifs is 1. The number of hydrogen-bond acceptors (Lipinski definition) is 4. The number of piperidine rings is 1. The molecule has 1 amide bonds. The Morgan fingerprint density at radius 1 is 1.03 bits per heavy atom. The van der Waals surface area contributed by atoms with Crippen molar-refractivity contribution < 1.29 is 14.3 Å². The number of carbonyl (C=O) groups excluding carboxylic acids is 1. The SMILES string of the molecule is COc1ccc(Cn2ccnc2C2CCN(C(=O)C3CCc4cccc(OC)c4C3)CC2)cc1. The van der Waals surface area contributed by atoms with E-state index in [0.29, 0.717) is 11.8 Å². The number of nitrogens with zero attached hydrogens (tertiary/aromatic N) is 3. The molecule has 1 fully saturated rings. The van der Waals surface area contributed by atoms with E-state index in [1.165, 1.54) is 16.7 Å². The molecule has 2 aliphatic rings. The Hall–Kier alpha value is -3.28. The molecule has 1 aromatic heterocycles. The fourth-order valence-corrected chi connectivity index (χ4v) is 5.52. The van der Waals surface area contributed by atoms with Crippen molar-refractivity contribution in [1.29, 1.82) is 0 Å². The average Bonchev–Trinajstić information content (AvgIpc) is 3.36. The van der Waals surface area contributed by atoms with Crippen LogP contribution in [0, 0.1) is 5.92 Å². The zero-order valence-corrected chi connectivity index (χ0v) is 20.1. The van der Waals surface area contributed by atoms with Crippen LogP contribution in [-0.2, 0) is 24.2 Å². The Balaban J connectivity index is 1.20. The molecule has 2 heterocycles. The van der Waals surface area contributed by atoms with E-state index < -0.39 is 0 Å². The summed E-state index contributed by atoms with van der Waals surface area (Å²) in [5.41, 5.74) is 3.76. The van der Waals surface area contributed by atoms with Crippen LogP contribution in [0.5, 0.6) is 11.5 Å². The second kappa shape index (κ2) is 9.92. The van der Waals surface area contributed by atoms with Crippen molar-refractivity contribution in [2.75, 3.05) is 27.3 Å². The molecule has 1 aliphatic heterocycles. The van der Waals surface area contributed by atoms with Crippen LogP contribution in [0.4, 0.5) is 0 Å². The summed E-state index contributed by atoms with van der Waals surface area (Å²) in [4.78, 5) is 20.1. The first-order valence-corrected chi connectivity index (χ1v) is 12.2. The molecule has 1 atom stereocenters. The number of hydrogen-bond donors (Lipinski definition) is 0. The quantitative estimate of drug-likeness (QED) is 0.546. The number of rotatable bonds is 6. The highest BCUT2D eigenvalue weighted by Crippen LogP contribution is 2.34. The van der Waals surface area contributed by atoms with Crippen molar-refractivity contribution in [3.05, 3.63) is 77.4 Å². The predicted molar refractivity (Wildman–Crippen MR) is 131 cm³/mol. The molecule has 0 bridgehead atoms. The maximum absolute atomic E-state index is 13.4. The van der Waals surface area contributed by atoms with Gasteiger partial charge in [0.05, 0.1) is 14.2 Å². The molecule has 5 rings (SSSR count). The molecule has 2 aromatic carbocycles. The standard InChI is InChI=1S/C28H33N3O3/c1-33-24-10-6-20(7-11-24)19-31-17-14-29-27(31)22-12-15-30(16-13-22)28(32)23-9-8-21-4-3-5-26(34-2)25(21)18-23/h3-7,10-11,14,17,22-23H,8-9,12-13,15-16,18-19H2,1-2H3. The highest BCUT2D eigenvalue weighted by Gasteiger charge is 2.33. The number of carbonyl (C=O) groups is 1. The van der Waals surface area contributed by atoms with Gasteiger partial charge >= 0.3 is 0 Å². The number of aromatic nitrogens is 2. The van der Waals surface area contributed by atoms with Gasteiger partial charge in [0.15, 0.2) is 0 Å². The Kier molecular flexibility index (Phi) is 6.57. The molecule has 0 N–H and O–H groups in total. The van der Waals surface area contributed by atoms with Crippen LogP contribution in [-0.4, -0.2) is 47.7 Å². The monoisotopic (exact) mass is 459 g/mol. The zero-order valence-electron chi connectivity index (χ0n) is 20.1. The summed E-state index contributed by atoms with van der Waals surface area (Å²) in [5, 5.41) is 0. The van der Waals surface area contributed by atoms with E-state index in [0.717, 1.165) is 69.1 Å². The maximum atomic E-state index is 13.4. The second-order valence-corrected chi connectivity index (χ2v) is 9.40. The van der Waals surface area contributed by atoms with E-state index in [1.54, 1.807) is 14.2 Å². The first-order chi connectivity index (χ1) is 16.7. The van der Waals surface area contributed by atoms with Gasteiger partial charge in [0.25, 0.3) is 0 Å². The van der Waals surface area contributed by atoms with E-state index in [9.17, 15) is 4.79 Å². The number of benzene rings is 2. The smallest absolute Gasteiger partial charge is 0.226 e. The molecule has 1 unspecified atom stereocenters. The molecule has 3 aromatic rings. The second-order valence-electron chi connectivity index (χ2n) is 9.40. The zero-order chi connectivity index (χ0) is 23.5. The Labute approximate surface area is 201 Å². The van der Waals surface area contributed by atoms with Crippen LogP contribution in [0.25, 0.3) is 0 Å². The highest BCUT2D eigenvalue weighted by molar-refractivity contribution is 5.80. The van der Waals surface area contributed by atoms with Gasteiger partial charge in [-0.25, -0.2) is 4.98 Å². The van der Waals surface area contributed by atoms with Gasteiger partial charge in [-0.2, -0.15) is 0 Å². The van der Waals surface area contributed by atoms with Crippen molar-refractivity contribution >= 4 is 5.91 Å². The molecule has 0 saturated carbocycles. The van der Waals surface area contributed by atoms with Gasteiger partial charge in [-0.1, -0.05) is 24.3 Å². The number of imidazole rings is 1. The lowest BCUT2D eigenvalue weighted by Crippen LogP contribution is -2.43. The van der Waals surface area contributed by atoms with Crippen molar-refractivity contribution in [2.45, 2.75) is 44.6 Å². The lowest BCUT2D eigenvalue weighted by atomic mass is 9.82. The molecular weight excluding hydrogens is 426 g/mol. The molecule has 6 nitrogen and oxygen atoms in total. The van der Waals surface area contributed by atoms with Crippen LogP contribution in [0.1, 0.15) is 47.7 Å². The van der Waals surface area contributed by atoms with Crippen LogP contribution in [0.3, 0.4) is 0 Å². The van der Waals surface area contributed by atoms with Gasteiger partial charge in [0, 0.05) is 43.9 Å². The van der Waals surface area contributed by atoms with Crippen molar-refractivity contribution in [3.8, 4) is 11.5 Å². The van der Waals surface area contributed by atoms with E-state index in [2.05, 4.69) is 33.9 Å². The topological polar surface area (TPSA) is 56.6 Å². The van der Waals surface area contributed by atoms with Gasteiger partial charge in [-0.3, -0.25) is 4.79 Å². The first-order valence-electron chi connectivity index (χ1n) is 12.2. The Bertz CT molecular complexity index is 1120. The van der Waals surface area contributed by atoms with Crippen LogP contribution >= 0.6 is 0 Å². The van der Waals surface area contributed by atoms with E-state index in [4.69, 9.17) is 14.5 Å². The van der Waals surface area contributed by atoms with Gasteiger partial charge < -0.3 is 18.9 Å². The Morgan fingerprint density at radius 2 is 1.82 bits per heavy atom. The van der Waals surface area contributed by atoms with Crippen LogP contribution in [0.2, 0.25) is 0 Å². The third-order valence-electron chi connectivity index (χ3n) is 7.44. The van der Waals surface area contributed by atoms with Gasteiger partial charge in [-0.15, -0.1) is 0 Å². The normalized spacial score (nSPS) is 18.4. The average molecular weight is 460 g/mol. The van der Waals surface area contributed by atoms with Gasteiger partial charge in [-0.05, 0) is 67.0 Å². The number of methoxy groups -OCH3 is 2. The number of aryl methyl sites for hydroxylation is 1. The fraction of sp³-hybridized carbons (Fsp3) is 0.429. The predicted octanol–water partition coefficient (Wildman–Crippen LogP) is 4.46. The van der Waals surface area contributed by atoms with Gasteiger partial charge in [0.1, 0.15) is 17.3 Å². The molecule has 1 saturated heterocycles. The summed E-state index contributed by atoms with van der Waals surface area (Å²) in [6, 6.07) is 14.4. The summed E-state index contributed by atoms with van der Waals surface area (Å²) >= 11 is 0. The molecule has 34 heavy (non-hydrogen) atoms. The minimum atomic E-state index is 0.0532. The van der Waals surface area contributed by atoms with Crippen LogP contribution < -0.4 is 9.47 Å². The lowest BCUT2D eigenvalue weighted by Gasteiger charge is -2.35. The molecule has 0 spiro atoms. The molecule has 178 valence electrons. The number of ether oxygens (including phenoxy) is 2. The van der Waals surface area contributed by atoms with Crippen molar-refractivity contribution in [3.63, 3.8) is 0 Å². The largest absolute Gasteiger partial charge is 0.497 e. The van der Waals surface area contributed by atoms with Gasteiger partial charge in [0.2, 0.25) is 5.91 Å². The summed E-state index contributed by atoms with van der Waals surface area (Å²) < 4.78 is 13.1. The summed E-state index contributed by atoms with van der Waals surface area (Å²) in [7, 11) is 3.40. The van der Waals surface area contributed by atoms with Crippen molar-refractivity contribution in [2.24, 2.45) is 5.92 Å². The number of likely N-dealkylation sites (tertiary alicyclic amines) is 1. The first kappa shape index (κ1) is 22.5. The summed E-state index contributed by atoms with van der Waals surface area (Å²) in [6.07, 6.45) is 8.51. The minimum Gasteiger partial charge on any atom is -0.497 e. The maximum Gasteiger partial charge on any atom is 0.226 e. The van der Waals surface area contributed by atoms with E-state index in [-0.39, 0.29) is 5.92 Å². The third-order valence-corrected chi connectivity index (χ3v) is 7.44. The third kappa shape index (κ3) is 4.54. The highest BCUT2D eigenvalue weighted by atomic mass is 16.5. The Morgan fingerprint density at radius 3 is 2.56 bits per heavy atom. The van der Waals surface area contributed by atoms with Crippen molar-refractivity contribution in [1.82, 2.24) is 14.5 Å². The molecule has 1 aliphatic carbocycles. The molecular formula is C28H33N3O3. The number of amides is 1.